The van der Waals surface area contributed by atoms with Crippen molar-refractivity contribution < 1.29 is 24.3 Å². The van der Waals surface area contributed by atoms with Gasteiger partial charge in [-0.2, -0.15) is 0 Å². The van der Waals surface area contributed by atoms with E-state index in [0.717, 1.165) is 11.9 Å². The summed E-state index contributed by atoms with van der Waals surface area (Å²) in [4.78, 5) is 27.1. The number of amides is 1. The minimum Gasteiger partial charge on any atom is -0.445 e. The Balaban J connectivity index is 2.69. The van der Waals surface area contributed by atoms with E-state index in [1.165, 1.54) is 6.92 Å². The van der Waals surface area contributed by atoms with Gasteiger partial charge in [-0.05, 0) is 11.5 Å². The van der Waals surface area contributed by atoms with Crippen LogP contribution in [-0.4, -0.2) is 35.9 Å². The number of aliphatic imine (C=N–C) groups is 1. The van der Waals surface area contributed by atoms with Gasteiger partial charge >= 0.3 is 12.1 Å². The van der Waals surface area contributed by atoms with Crippen molar-refractivity contribution in [2.75, 3.05) is 0 Å². The molecule has 0 saturated carbocycles. The van der Waals surface area contributed by atoms with E-state index >= 15 is 0 Å². The van der Waals surface area contributed by atoms with Gasteiger partial charge in [-0.3, -0.25) is 15.5 Å². The summed E-state index contributed by atoms with van der Waals surface area (Å²) in [6.07, 6.45) is -0.673. The minimum absolute atomic E-state index is 0.102. The van der Waals surface area contributed by atoms with E-state index in [4.69, 9.17) is 14.7 Å². The molecule has 1 aromatic rings. The van der Waals surface area contributed by atoms with E-state index in [-0.39, 0.29) is 12.5 Å². The van der Waals surface area contributed by atoms with Gasteiger partial charge < -0.3 is 14.8 Å². The standard InChI is InChI=1S/C16H23N3O5/c1-11(2)14(15(17-10-18-22)24-12(3)20)19-16(21)23-9-13-7-5-4-6-8-13/h4-8,10-11,14-15,22H,9H2,1-3H3,(H,17,18)(H,19,21). The molecule has 0 saturated heterocycles. The average molecular weight is 337 g/mol. The Hall–Kier alpha value is -2.61. The zero-order valence-corrected chi connectivity index (χ0v) is 13.9. The van der Waals surface area contributed by atoms with Gasteiger partial charge in [-0.15, -0.1) is 0 Å². The highest BCUT2D eigenvalue weighted by Crippen LogP contribution is 2.12. The smallest absolute Gasteiger partial charge is 0.407 e. The van der Waals surface area contributed by atoms with Crippen molar-refractivity contribution in [2.45, 2.75) is 39.6 Å². The van der Waals surface area contributed by atoms with Crippen molar-refractivity contribution in [1.29, 1.82) is 0 Å². The first kappa shape index (κ1) is 19.4. The summed E-state index contributed by atoms with van der Waals surface area (Å²) in [6.45, 7) is 5.03. The number of benzene rings is 1. The number of carbonyl (C=O) groups excluding carboxylic acids is 2. The summed E-state index contributed by atoms with van der Waals surface area (Å²) < 4.78 is 10.2. The topological polar surface area (TPSA) is 109 Å². The number of hydrogen-bond acceptors (Lipinski definition) is 6. The molecule has 24 heavy (non-hydrogen) atoms. The molecular weight excluding hydrogens is 314 g/mol. The monoisotopic (exact) mass is 337 g/mol. The summed E-state index contributed by atoms with van der Waals surface area (Å²) in [5.41, 5.74) is 2.59. The van der Waals surface area contributed by atoms with E-state index in [0.29, 0.717) is 0 Å². The average Bonchev–Trinajstić information content (AvgIpc) is 2.55. The normalized spacial score (nSPS) is 13.4. The molecule has 1 aromatic carbocycles. The van der Waals surface area contributed by atoms with Gasteiger partial charge in [0.2, 0.25) is 6.23 Å². The molecule has 132 valence electrons. The molecule has 0 bridgehead atoms. The number of carbonyl (C=O) groups is 2. The lowest BCUT2D eigenvalue weighted by molar-refractivity contribution is -0.147. The third kappa shape index (κ3) is 7.10. The third-order valence-corrected chi connectivity index (χ3v) is 3.09. The number of esters is 1. The van der Waals surface area contributed by atoms with E-state index in [1.54, 1.807) is 5.48 Å². The second kappa shape index (κ2) is 10.2. The van der Waals surface area contributed by atoms with Gasteiger partial charge in [0.05, 0.1) is 6.04 Å². The maximum absolute atomic E-state index is 12.0. The highest BCUT2D eigenvalue weighted by Gasteiger charge is 2.28. The summed E-state index contributed by atoms with van der Waals surface area (Å²) in [6, 6.07) is 8.62. The number of hydroxylamine groups is 1. The summed E-state index contributed by atoms with van der Waals surface area (Å²) in [5, 5.41) is 11.2. The van der Waals surface area contributed by atoms with Crippen molar-refractivity contribution >= 4 is 18.4 Å². The van der Waals surface area contributed by atoms with Gasteiger partial charge in [-0.25, -0.2) is 9.79 Å². The molecule has 0 aliphatic heterocycles. The number of hydrogen-bond donors (Lipinski definition) is 3. The zero-order valence-electron chi connectivity index (χ0n) is 13.9. The molecule has 1 amide bonds. The van der Waals surface area contributed by atoms with Crippen LogP contribution in [0, 0.1) is 5.92 Å². The predicted octanol–water partition coefficient (Wildman–Crippen LogP) is 1.83. The summed E-state index contributed by atoms with van der Waals surface area (Å²) in [7, 11) is 0. The van der Waals surface area contributed by atoms with Crippen LogP contribution in [-0.2, 0) is 20.9 Å². The van der Waals surface area contributed by atoms with Gasteiger partial charge in [0.1, 0.15) is 12.9 Å². The second-order valence-electron chi connectivity index (χ2n) is 5.38. The largest absolute Gasteiger partial charge is 0.445 e. The Bertz CT molecular complexity index is 548. The first-order chi connectivity index (χ1) is 11.4. The number of nitrogens with zero attached hydrogens (tertiary/aromatic N) is 1. The van der Waals surface area contributed by atoms with Crippen molar-refractivity contribution in [3.05, 3.63) is 35.9 Å². The molecular formula is C16H23N3O5. The van der Waals surface area contributed by atoms with Crippen LogP contribution in [0.4, 0.5) is 4.79 Å². The predicted molar refractivity (Wildman–Crippen MR) is 87.4 cm³/mol. The Morgan fingerprint density at radius 1 is 1.29 bits per heavy atom. The van der Waals surface area contributed by atoms with Crippen molar-refractivity contribution in [3.8, 4) is 0 Å². The lowest BCUT2D eigenvalue weighted by Crippen LogP contribution is -2.48. The zero-order chi connectivity index (χ0) is 17.9. The van der Waals surface area contributed by atoms with Gasteiger partial charge in [-0.1, -0.05) is 44.2 Å². The van der Waals surface area contributed by atoms with Crippen LogP contribution < -0.4 is 10.8 Å². The minimum atomic E-state index is -0.994. The summed E-state index contributed by atoms with van der Waals surface area (Å²) in [5.74, 6) is -0.658. The fourth-order valence-electron chi connectivity index (χ4n) is 1.94. The molecule has 8 heteroatoms. The maximum atomic E-state index is 12.0. The molecule has 2 unspecified atom stereocenters. The van der Waals surface area contributed by atoms with Crippen molar-refractivity contribution in [1.82, 2.24) is 10.8 Å². The Morgan fingerprint density at radius 3 is 2.50 bits per heavy atom. The van der Waals surface area contributed by atoms with E-state index in [9.17, 15) is 9.59 Å². The molecule has 1 rings (SSSR count). The van der Waals surface area contributed by atoms with Gasteiger partial charge in [0.25, 0.3) is 0 Å². The molecule has 0 aliphatic rings. The Morgan fingerprint density at radius 2 is 1.96 bits per heavy atom. The lowest BCUT2D eigenvalue weighted by atomic mass is 10.0. The molecule has 3 N–H and O–H groups in total. The SMILES string of the molecule is CC(=O)OC(N=CNO)C(NC(=O)OCc1ccccc1)C(C)C. The molecule has 0 fully saturated rings. The van der Waals surface area contributed by atoms with Crippen LogP contribution in [0.2, 0.25) is 0 Å². The number of rotatable bonds is 8. The number of ether oxygens (including phenoxy) is 2. The molecule has 8 nitrogen and oxygen atoms in total. The van der Waals surface area contributed by atoms with Crippen LogP contribution in [0.15, 0.2) is 35.3 Å². The van der Waals surface area contributed by atoms with Gasteiger partial charge in [0.15, 0.2) is 0 Å². The van der Waals surface area contributed by atoms with Crippen LogP contribution in [0.25, 0.3) is 0 Å². The first-order valence-corrected chi connectivity index (χ1v) is 7.49. The van der Waals surface area contributed by atoms with Crippen molar-refractivity contribution in [2.24, 2.45) is 10.9 Å². The molecule has 0 spiro atoms. The quantitative estimate of drug-likeness (QED) is 0.289. The molecule has 2 atom stereocenters. The van der Waals surface area contributed by atoms with E-state index in [2.05, 4.69) is 10.3 Å². The highest BCUT2D eigenvalue weighted by atomic mass is 16.6. The van der Waals surface area contributed by atoms with Crippen LogP contribution >= 0.6 is 0 Å². The summed E-state index contributed by atoms with van der Waals surface area (Å²) >= 11 is 0. The van der Waals surface area contributed by atoms with Crippen LogP contribution in [0.3, 0.4) is 0 Å². The lowest BCUT2D eigenvalue weighted by Gasteiger charge is -2.27. The maximum Gasteiger partial charge on any atom is 0.407 e. The highest BCUT2D eigenvalue weighted by molar-refractivity contribution is 5.69. The number of nitrogens with one attached hydrogen (secondary N) is 2. The van der Waals surface area contributed by atoms with Gasteiger partial charge in [0, 0.05) is 6.92 Å². The Labute approximate surface area is 140 Å². The molecule has 0 radical (unpaired) electrons. The first-order valence-electron chi connectivity index (χ1n) is 7.49. The third-order valence-electron chi connectivity index (χ3n) is 3.09. The van der Waals surface area contributed by atoms with Crippen molar-refractivity contribution in [3.63, 3.8) is 0 Å². The van der Waals surface area contributed by atoms with E-state index in [1.807, 2.05) is 44.2 Å². The molecule has 0 aromatic heterocycles. The van der Waals surface area contributed by atoms with Crippen LogP contribution in [0.1, 0.15) is 26.3 Å². The Kier molecular flexibility index (Phi) is 8.28. The second-order valence-corrected chi connectivity index (χ2v) is 5.38. The van der Waals surface area contributed by atoms with E-state index < -0.39 is 24.3 Å². The van der Waals surface area contributed by atoms with Crippen LogP contribution in [0.5, 0.6) is 0 Å². The fourth-order valence-corrected chi connectivity index (χ4v) is 1.94. The number of alkyl carbamates (subject to hydrolysis) is 1. The molecule has 0 aliphatic carbocycles. The fraction of sp³-hybridized carbons (Fsp3) is 0.438. The molecule has 0 heterocycles.